The molecule has 3 aromatic rings. The fourth-order valence-electron chi connectivity index (χ4n) is 3.37. The fraction of sp³-hybridized carbons (Fsp3) is 0.391. The smallest absolute Gasteiger partial charge is 0.220 e. The number of aromatic nitrogens is 3. The van der Waals surface area contributed by atoms with Crippen molar-refractivity contribution in [3.8, 4) is 6.07 Å². The van der Waals surface area contributed by atoms with Gasteiger partial charge in [-0.3, -0.25) is 4.79 Å². The lowest BCUT2D eigenvalue weighted by Gasteiger charge is -2.12. The number of aryl methyl sites for hydroxylation is 2. The largest absolute Gasteiger partial charge is 0.374 e. The summed E-state index contributed by atoms with van der Waals surface area (Å²) in [7, 11) is 0. The Labute approximate surface area is 176 Å². The van der Waals surface area contributed by atoms with Gasteiger partial charge in [-0.15, -0.1) is 0 Å². The van der Waals surface area contributed by atoms with E-state index < -0.39 is 0 Å². The van der Waals surface area contributed by atoms with Crippen LogP contribution in [-0.4, -0.2) is 26.6 Å². The lowest BCUT2D eigenvalue weighted by molar-refractivity contribution is -0.121. The van der Waals surface area contributed by atoms with Crippen LogP contribution in [0.25, 0.3) is 5.65 Å². The van der Waals surface area contributed by atoms with Crippen molar-refractivity contribution < 1.29 is 9.53 Å². The van der Waals surface area contributed by atoms with Gasteiger partial charge in [0.2, 0.25) is 5.91 Å². The zero-order chi connectivity index (χ0) is 21.7. The Bertz CT molecular complexity index is 1090. The summed E-state index contributed by atoms with van der Waals surface area (Å²) >= 11 is 0. The zero-order valence-electron chi connectivity index (χ0n) is 17.9. The Morgan fingerprint density at radius 3 is 2.80 bits per heavy atom. The van der Waals surface area contributed by atoms with E-state index in [-0.39, 0.29) is 12.0 Å². The van der Waals surface area contributed by atoms with Gasteiger partial charge < -0.3 is 10.1 Å². The van der Waals surface area contributed by atoms with Crippen LogP contribution >= 0.6 is 0 Å². The highest BCUT2D eigenvalue weighted by molar-refractivity contribution is 5.76. The van der Waals surface area contributed by atoms with Gasteiger partial charge in [0.15, 0.2) is 5.65 Å². The molecule has 0 aliphatic carbocycles. The Kier molecular flexibility index (Phi) is 6.80. The van der Waals surface area contributed by atoms with Gasteiger partial charge in [0.05, 0.1) is 18.9 Å². The molecule has 1 amide bonds. The van der Waals surface area contributed by atoms with E-state index in [0.29, 0.717) is 37.2 Å². The Morgan fingerprint density at radius 1 is 1.30 bits per heavy atom. The molecule has 0 fully saturated rings. The molecular formula is C23H27N5O2. The second-order valence-corrected chi connectivity index (χ2v) is 7.62. The van der Waals surface area contributed by atoms with E-state index in [1.165, 1.54) is 6.20 Å². The summed E-state index contributed by atoms with van der Waals surface area (Å²) in [6.45, 7) is 8.90. The lowest BCUT2D eigenvalue weighted by Crippen LogP contribution is -2.23. The highest BCUT2D eigenvalue weighted by atomic mass is 16.5. The Morgan fingerprint density at radius 2 is 2.07 bits per heavy atom. The molecule has 7 heteroatoms. The topological polar surface area (TPSA) is 92.3 Å². The van der Waals surface area contributed by atoms with Crippen LogP contribution in [0, 0.1) is 25.2 Å². The van der Waals surface area contributed by atoms with Crippen LogP contribution in [-0.2, 0) is 29.1 Å². The summed E-state index contributed by atoms with van der Waals surface area (Å²) in [5, 5.41) is 16.4. The van der Waals surface area contributed by atoms with Gasteiger partial charge in [0, 0.05) is 24.4 Å². The van der Waals surface area contributed by atoms with Gasteiger partial charge in [-0.05, 0) is 50.8 Å². The minimum Gasteiger partial charge on any atom is -0.374 e. The monoisotopic (exact) mass is 405 g/mol. The molecule has 0 aliphatic rings. The van der Waals surface area contributed by atoms with E-state index in [1.807, 2.05) is 45.9 Å². The molecule has 156 valence electrons. The SMILES string of the molecule is Cc1nc2c(C#N)cnn2c(C)c1CCC(=O)NCc1cccc(COC(C)C)c1. The number of nitrogens with one attached hydrogen (secondary N) is 1. The Balaban J connectivity index is 1.59. The molecule has 3 rings (SSSR count). The molecule has 0 radical (unpaired) electrons. The van der Waals surface area contributed by atoms with E-state index in [4.69, 9.17) is 4.74 Å². The second-order valence-electron chi connectivity index (χ2n) is 7.62. The number of amides is 1. The quantitative estimate of drug-likeness (QED) is 0.620. The standard InChI is InChI=1S/C23H27N5O2/c1-15(2)30-14-19-7-5-6-18(10-19)12-25-22(29)9-8-21-16(3)27-23-20(11-24)13-26-28(23)17(21)4/h5-7,10,13,15H,8-9,12,14H2,1-4H3,(H,25,29). The number of rotatable bonds is 8. The number of carbonyl (C=O) groups is 1. The van der Waals surface area contributed by atoms with Crippen LogP contribution in [0.4, 0.5) is 0 Å². The third-order valence-electron chi connectivity index (χ3n) is 5.00. The molecule has 30 heavy (non-hydrogen) atoms. The maximum absolute atomic E-state index is 12.4. The van der Waals surface area contributed by atoms with Crippen molar-refractivity contribution in [3.05, 3.63) is 64.1 Å². The number of hydrogen-bond donors (Lipinski definition) is 1. The lowest BCUT2D eigenvalue weighted by atomic mass is 10.1. The van der Waals surface area contributed by atoms with Crippen molar-refractivity contribution in [2.75, 3.05) is 0 Å². The van der Waals surface area contributed by atoms with E-state index in [1.54, 1.807) is 4.52 Å². The maximum atomic E-state index is 12.4. The van der Waals surface area contributed by atoms with E-state index in [2.05, 4.69) is 27.5 Å². The van der Waals surface area contributed by atoms with E-state index in [9.17, 15) is 10.1 Å². The highest BCUT2D eigenvalue weighted by Gasteiger charge is 2.14. The molecule has 2 heterocycles. The molecule has 2 aromatic heterocycles. The average Bonchev–Trinajstić information content (AvgIpc) is 3.13. The molecule has 0 unspecified atom stereocenters. The van der Waals surface area contributed by atoms with Gasteiger partial charge in [0.1, 0.15) is 11.6 Å². The Hall–Kier alpha value is -3.24. The minimum absolute atomic E-state index is 0.0177. The minimum atomic E-state index is -0.0177. The molecule has 1 N–H and O–H groups in total. The molecular weight excluding hydrogens is 378 g/mol. The van der Waals surface area contributed by atoms with Crippen molar-refractivity contribution in [1.82, 2.24) is 19.9 Å². The van der Waals surface area contributed by atoms with Gasteiger partial charge in [-0.25, -0.2) is 9.50 Å². The summed E-state index contributed by atoms with van der Waals surface area (Å²) in [5.41, 5.74) is 5.86. The first-order valence-corrected chi connectivity index (χ1v) is 10.1. The fourth-order valence-corrected chi connectivity index (χ4v) is 3.37. The van der Waals surface area contributed by atoms with Crippen LogP contribution in [0.1, 0.15) is 53.9 Å². The van der Waals surface area contributed by atoms with Crippen molar-refractivity contribution in [1.29, 1.82) is 5.26 Å². The van der Waals surface area contributed by atoms with Crippen molar-refractivity contribution in [3.63, 3.8) is 0 Å². The predicted octanol–water partition coefficient (Wildman–Crippen LogP) is 3.39. The highest BCUT2D eigenvalue weighted by Crippen LogP contribution is 2.18. The van der Waals surface area contributed by atoms with Crippen LogP contribution in [0.5, 0.6) is 0 Å². The molecule has 0 atom stereocenters. The number of hydrogen-bond acceptors (Lipinski definition) is 5. The van der Waals surface area contributed by atoms with Crippen LogP contribution < -0.4 is 5.32 Å². The maximum Gasteiger partial charge on any atom is 0.220 e. The number of benzene rings is 1. The van der Waals surface area contributed by atoms with E-state index >= 15 is 0 Å². The first-order valence-electron chi connectivity index (χ1n) is 10.1. The van der Waals surface area contributed by atoms with Gasteiger partial charge >= 0.3 is 0 Å². The summed E-state index contributed by atoms with van der Waals surface area (Å²) in [5.74, 6) is -0.0177. The molecule has 1 aromatic carbocycles. The van der Waals surface area contributed by atoms with Crippen molar-refractivity contribution >= 4 is 11.6 Å². The van der Waals surface area contributed by atoms with E-state index in [0.717, 1.165) is 28.1 Å². The molecule has 0 saturated heterocycles. The third-order valence-corrected chi connectivity index (χ3v) is 5.00. The summed E-state index contributed by atoms with van der Waals surface area (Å²) in [6.07, 6.45) is 2.63. The van der Waals surface area contributed by atoms with Gasteiger partial charge in [-0.2, -0.15) is 10.4 Å². The third kappa shape index (κ3) is 5.02. The first kappa shape index (κ1) is 21.5. The van der Waals surface area contributed by atoms with Crippen LogP contribution in [0.3, 0.4) is 0 Å². The van der Waals surface area contributed by atoms with Crippen molar-refractivity contribution in [2.24, 2.45) is 0 Å². The molecule has 7 nitrogen and oxygen atoms in total. The number of fused-ring (bicyclic) bond motifs is 1. The van der Waals surface area contributed by atoms with Gasteiger partial charge in [0.25, 0.3) is 0 Å². The predicted molar refractivity (Wildman–Crippen MR) is 114 cm³/mol. The van der Waals surface area contributed by atoms with Gasteiger partial charge in [-0.1, -0.05) is 24.3 Å². The number of nitriles is 1. The zero-order valence-corrected chi connectivity index (χ0v) is 17.9. The number of ether oxygens (including phenoxy) is 1. The van der Waals surface area contributed by atoms with Crippen LogP contribution in [0.2, 0.25) is 0 Å². The molecule has 0 aliphatic heterocycles. The van der Waals surface area contributed by atoms with Crippen LogP contribution in [0.15, 0.2) is 30.5 Å². The summed E-state index contributed by atoms with van der Waals surface area (Å²) in [6, 6.07) is 10.2. The molecule has 0 spiro atoms. The molecule has 0 saturated carbocycles. The summed E-state index contributed by atoms with van der Waals surface area (Å²) < 4.78 is 7.31. The number of carbonyl (C=O) groups excluding carboxylic acids is 1. The summed E-state index contributed by atoms with van der Waals surface area (Å²) in [4.78, 5) is 16.9. The first-order chi connectivity index (χ1) is 14.4. The second kappa shape index (κ2) is 9.51. The normalized spacial score (nSPS) is 11.1. The molecule has 0 bridgehead atoms. The number of nitrogens with zero attached hydrogens (tertiary/aromatic N) is 4. The average molecular weight is 406 g/mol. The van der Waals surface area contributed by atoms with Crippen molar-refractivity contribution in [2.45, 2.75) is 59.8 Å².